The van der Waals surface area contributed by atoms with E-state index in [4.69, 9.17) is 9.84 Å². The summed E-state index contributed by atoms with van der Waals surface area (Å²) in [7, 11) is 1.58. The second kappa shape index (κ2) is 6.67. The molecule has 0 aromatic heterocycles. The fourth-order valence-electron chi connectivity index (χ4n) is 1.53. The molecule has 1 N–H and O–H groups in total. The lowest BCUT2D eigenvalue weighted by Crippen LogP contribution is -2.13. The molecule has 1 saturated heterocycles. The Hall–Kier alpha value is -1.66. The Labute approximate surface area is 124 Å². The molecule has 1 aromatic carbocycles. The first-order chi connectivity index (χ1) is 9.61. The maximum absolute atomic E-state index is 11.9. The zero-order chi connectivity index (χ0) is 14.5. The number of thioether (sulfide) groups is 2. The van der Waals surface area contributed by atoms with Crippen molar-refractivity contribution in [2.24, 2.45) is 0 Å². The van der Waals surface area contributed by atoms with Crippen LogP contribution in [0.2, 0.25) is 0 Å². The molecule has 1 heterocycles. The molecule has 6 heteroatoms. The molecule has 0 unspecified atom stereocenters. The standard InChI is InChI=1S/C14H12O4S2/c1-18-10-5-2-9(3-6-10)4-7-11(15)12(13(16)17)14-19-8-20-14/h2-7H,8H2,1H3,(H,16,17). The van der Waals surface area contributed by atoms with Crippen molar-refractivity contribution in [3.05, 3.63) is 45.7 Å². The number of carbonyl (C=O) groups is 2. The van der Waals surface area contributed by atoms with Crippen LogP contribution < -0.4 is 4.74 Å². The number of allylic oxidation sites excluding steroid dienone is 1. The number of ether oxygens (including phenoxy) is 1. The third-order valence-corrected chi connectivity index (χ3v) is 5.17. The fourth-order valence-corrected chi connectivity index (χ4v) is 3.13. The number of rotatable bonds is 5. The van der Waals surface area contributed by atoms with Crippen molar-refractivity contribution in [3.63, 3.8) is 0 Å². The normalized spacial score (nSPS) is 13.9. The number of aliphatic carboxylic acids is 1. The minimum Gasteiger partial charge on any atom is -0.497 e. The van der Waals surface area contributed by atoms with Gasteiger partial charge in [-0.25, -0.2) is 4.79 Å². The highest BCUT2D eigenvalue weighted by Crippen LogP contribution is 2.45. The van der Waals surface area contributed by atoms with Gasteiger partial charge in [0.25, 0.3) is 0 Å². The SMILES string of the molecule is COc1ccc(C=CC(=O)C(C(=O)O)=C2SCS2)cc1. The summed E-state index contributed by atoms with van der Waals surface area (Å²) in [6.07, 6.45) is 2.89. The Morgan fingerprint density at radius 2 is 1.90 bits per heavy atom. The number of carbonyl (C=O) groups excluding carboxylic acids is 1. The number of benzene rings is 1. The first kappa shape index (κ1) is 14.7. The van der Waals surface area contributed by atoms with E-state index in [1.807, 2.05) is 0 Å². The van der Waals surface area contributed by atoms with Crippen molar-refractivity contribution in [1.82, 2.24) is 0 Å². The maximum Gasteiger partial charge on any atom is 0.341 e. The van der Waals surface area contributed by atoms with Crippen molar-refractivity contribution >= 4 is 41.4 Å². The quantitative estimate of drug-likeness (QED) is 0.512. The van der Waals surface area contributed by atoms with Gasteiger partial charge in [-0.2, -0.15) is 0 Å². The molecule has 1 aliphatic rings. The smallest absolute Gasteiger partial charge is 0.341 e. The van der Waals surface area contributed by atoms with Gasteiger partial charge in [0.05, 0.1) is 11.3 Å². The average Bonchev–Trinajstić information content (AvgIpc) is 2.40. The molecule has 1 aliphatic heterocycles. The van der Waals surface area contributed by atoms with Crippen molar-refractivity contribution in [2.45, 2.75) is 0 Å². The molecular formula is C14H12O4S2. The third-order valence-electron chi connectivity index (χ3n) is 2.59. The van der Waals surface area contributed by atoms with Crippen LogP contribution in [0.5, 0.6) is 5.75 Å². The highest BCUT2D eigenvalue weighted by Gasteiger charge is 2.25. The summed E-state index contributed by atoms with van der Waals surface area (Å²) in [6, 6.07) is 7.14. The third kappa shape index (κ3) is 3.46. The van der Waals surface area contributed by atoms with E-state index < -0.39 is 11.8 Å². The molecule has 0 saturated carbocycles. The largest absolute Gasteiger partial charge is 0.497 e. The van der Waals surface area contributed by atoms with Crippen LogP contribution >= 0.6 is 23.5 Å². The van der Waals surface area contributed by atoms with Gasteiger partial charge in [-0.3, -0.25) is 4.79 Å². The Morgan fingerprint density at radius 1 is 1.25 bits per heavy atom. The number of hydrogen-bond donors (Lipinski definition) is 1. The number of carboxylic acids is 1. The summed E-state index contributed by atoms with van der Waals surface area (Å²) < 4.78 is 5.62. The first-order valence-electron chi connectivity index (χ1n) is 5.71. The summed E-state index contributed by atoms with van der Waals surface area (Å²) in [5.74, 6) is -0.934. The van der Waals surface area contributed by atoms with Gasteiger partial charge in [-0.1, -0.05) is 18.2 Å². The molecule has 104 valence electrons. The van der Waals surface area contributed by atoms with E-state index in [9.17, 15) is 9.59 Å². The molecule has 4 nitrogen and oxygen atoms in total. The molecule has 20 heavy (non-hydrogen) atoms. The molecule has 0 bridgehead atoms. The Morgan fingerprint density at radius 3 is 2.35 bits per heavy atom. The van der Waals surface area contributed by atoms with Gasteiger partial charge in [0.1, 0.15) is 11.3 Å². The minimum atomic E-state index is -1.18. The summed E-state index contributed by atoms with van der Waals surface area (Å²) in [6.45, 7) is 0. The lowest BCUT2D eigenvalue weighted by atomic mass is 10.1. The molecule has 0 radical (unpaired) electrons. The topological polar surface area (TPSA) is 63.6 Å². The number of methoxy groups -OCH3 is 1. The van der Waals surface area contributed by atoms with Crippen LogP contribution in [-0.4, -0.2) is 29.1 Å². The summed E-state index contributed by atoms with van der Waals surface area (Å²) in [5, 5.41) is 9.88. The molecule has 1 fully saturated rings. The van der Waals surface area contributed by atoms with Crippen molar-refractivity contribution in [2.75, 3.05) is 12.2 Å². The molecular weight excluding hydrogens is 296 g/mol. The van der Waals surface area contributed by atoms with Crippen LogP contribution in [-0.2, 0) is 9.59 Å². The molecule has 1 aromatic rings. The Bertz CT molecular complexity index is 582. The van der Waals surface area contributed by atoms with Crippen molar-refractivity contribution < 1.29 is 19.4 Å². The molecule has 0 aliphatic carbocycles. The van der Waals surface area contributed by atoms with Gasteiger partial charge < -0.3 is 9.84 Å². The Balaban J connectivity index is 2.13. The van der Waals surface area contributed by atoms with Crippen LogP contribution in [0.1, 0.15) is 5.56 Å². The van der Waals surface area contributed by atoms with E-state index in [1.165, 1.54) is 29.6 Å². The van der Waals surface area contributed by atoms with E-state index in [-0.39, 0.29) is 5.57 Å². The fraction of sp³-hybridized carbons (Fsp3) is 0.143. The summed E-state index contributed by atoms with van der Waals surface area (Å²) in [4.78, 5) is 23.1. The van der Waals surface area contributed by atoms with Crippen LogP contribution in [0.15, 0.2) is 40.2 Å². The van der Waals surface area contributed by atoms with Crippen LogP contribution in [0.3, 0.4) is 0 Å². The highest BCUT2D eigenvalue weighted by molar-refractivity contribution is 8.37. The van der Waals surface area contributed by atoms with Gasteiger partial charge in [-0.15, -0.1) is 23.5 Å². The minimum absolute atomic E-state index is 0.143. The lowest BCUT2D eigenvalue weighted by molar-refractivity contribution is -0.134. The summed E-state index contributed by atoms with van der Waals surface area (Å²) >= 11 is 2.77. The van der Waals surface area contributed by atoms with Crippen LogP contribution in [0.4, 0.5) is 0 Å². The summed E-state index contributed by atoms with van der Waals surface area (Å²) in [5.41, 5.74) is 0.666. The maximum atomic E-state index is 11.9. The number of carboxylic acid groups (broad SMARTS) is 1. The zero-order valence-electron chi connectivity index (χ0n) is 10.7. The van der Waals surface area contributed by atoms with Crippen LogP contribution in [0, 0.1) is 0 Å². The average molecular weight is 308 g/mol. The predicted octanol–water partition coefficient (Wildman–Crippen LogP) is 3.01. The van der Waals surface area contributed by atoms with Gasteiger partial charge in [-0.05, 0) is 23.8 Å². The predicted molar refractivity (Wildman–Crippen MR) is 81.7 cm³/mol. The molecule has 0 amide bonds. The van der Waals surface area contributed by atoms with E-state index >= 15 is 0 Å². The van der Waals surface area contributed by atoms with E-state index in [0.29, 0.717) is 4.24 Å². The van der Waals surface area contributed by atoms with E-state index in [1.54, 1.807) is 37.5 Å². The molecule has 2 rings (SSSR count). The first-order valence-corrected chi connectivity index (χ1v) is 7.68. The second-order valence-corrected chi connectivity index (χ2v) is 6.44. The lowest BCUT2D eigenvalue weighted by Gasteiger charge is -2.16. The Kier molecular flexibility index (Phi) is 4.92. The van der Waals surface area contributed by atoms with Crippen molar-refractivity contribution in [3.8, 4) is 5.75 Å². The van der Waals surface area contributed by atoms with Crippen molar-refractivity contribution in [1.29, 1.82) is 0 Å². The van der Waals surface area contributed by atoms with Gasteiger partial charge >= 0.3 is 5.97 Å². The number of hydrogen-bond acceptors (Lipinski definition) is 5. The van der Waals surface area contributed by atoms with Gasteiger partial charge in [0, 0.05) is 5.08 Å². The number of ketones is 1. The van der Waals surface area contributed by atoms with E-state index in [0.717, 1.165) is 16.4 Å². The highest BCUT2D eigenvalue weighted by atomic mass is 32.3. The molecule has 0 spiro atoms. The van der Waals surface area contributed by atoms with Gasteiger partial charge in [0.15, 0.2) is 5.78 Å². The monoisotopic (exact) mass is 308 g/mol. The van der Waals surface area contributed by atoms with E-state index in [2.05, 4.69) is 0 Å². The molecule has 0 atom stereocenters. The zero-order valence-corrected chi connectivity index (χ0v) is 12.3. The van der Waals surface area contributed by atoms with Crippen LogP contribution in [0.25, 0.3) is 6.08 Å². The second-order valence-electron chi connectivity index (χ2n) is 3.84. The van der Waals surface area contributed by atoms with Gasteiger partial charge in [0.2, 0.25) is 0 Å².